The Kier molecular flexibility index (Phi) is 3.79. The third-order valence-corrected chi connectivity index (χ3v) is 1.57. The molecule has 0 aromatic carbocycles. The highest BCUT2D eigenvalue weighted by atomic mass is 19.4. The van der Waals surface area contributed by atoms with Gasteiger partial charge in [0.2, 0.25) is 12.1 Å². The minimum atomic E-state index is -5.04. The highest BCUT2D eigenvalue weighted by Gasteiger charge is 2.49. The quantitative estimate of drug-likeness (QED) is 0.781. The van der Waals surface area contributed by atoms with Gasteiger partial charge in [-0.15, -0.1) is 0 Å². The van der Waals surface area contributed by atoms with Gasteiger partial charge in [-0.1, -0.05) is 0 Å². The summed E-state index contributed by atoms with van der Waals surface area (Å²) in [6.07, 6.45) is -13.6. The maximum atomic E-state index is 12.9. The Morgan fingerprint density at radius 2 is 1.88 bits per heavy atom. The first-order valence-corrected chi connectivity index (χ1v) is 4.24. The van der Waals surface area contributed by atoms with Crippen molar-refractivity contribution in [3.05, 3.63) is 18.6 Å². The normalized spacial score (nSPS) is 14.5. The number of alkyl halides is 6. The summed E-state index contributed by atoms with van der Waals surface area (Å²) in [5, 5.41) is 0. The van der Waals surface area contributed by atoms with E-state index in [1.54, 1.807) is 0 Å². The lowest BCUT2D eigenvalue weighted by molar-refractivity contribution is -0.249. The van der Waals surface area contributed by atoms with E-state index in [2.05, 4.69) is 14.7 Å². The topological polar surface area (TPSA) is 35.0 Å². The molecule has 17 heavy (non-hydrogen) atoms. The zero-order valence-corrected chi connectivity index (χ0v) is 8.09. The Morgan fingerprint density at radius 3 is 2.35 bits per heavy atom. The fourth-order valence-corrected chi connectivity index (χ4v) is 0.864. The van der Waals surface area contributed by atoms with Gasteiger partial charge in [0.25, 0.3) is 0 Å². The van der Waals surface area contributed by atoms with E-state index in [0.29, 0.717) is 0 Å². The van der Waals surface area contributed by atoms with Crippen molar-refractivity contribution in [2.24, 2.45) is 0 Å². The fraction of sp³-hybridized carbons (Fsp3) is 0.500. The molecule has 0 N–H and O–H groups in total. The molecule has 0 saturated heterocycles. The van der Waals surface area contributed by atoms with Crippen molar-refractivity contribution in [2.45, 2.75) is 24.9 Å². The molecule has 0 aliphatic heterocycles. The first-order valence-electron chi connectivity index (χ1n) is 4.24. The van der Waals surface area contributed by atoms with E-state index in [-0.39, 0.29) is 0 Å². The Morgan fingerprint density at radius 1 is 1.24 bits per heavy atom. The number of hydrogen-bond acceptors (Lipinski definition) is 3. The Hall–Kier alpha value is -1.54. The van der Waals surface area contributed by atoms with Gasteiger partial charge in [0.15, 0.2) is 0 Å². The molecule has 0 bridgehead atoms. The third-order valence-electron chi connectivity index (χ3n) is 1.57. The zero-order valence-electron chi connectivity index (χ0n) is 8.09. The minimum absolute atomic E-state index is 0.713. The molecule has 1 atom stereocenters. The van der Waals surface area contributed by atoms with Crippen LogP contribution in [0.2, 0.25) is 0 Å². The van der Waals surface area contributed by atoms with Crippen molar-refractivity contribution in [3.63, 3.8) is 0 Å². The number of hydrogen-bond donors (Lipinski definition) is 0. The van der Waals surface area contributed by atoms with E-state index in [0.717, 1.165) is 18.6 Å². The second kappa shape index (κ2) is 4.76. The van der Waals surface area contributed by atoms with Crippen LogP contribution in [0, 0.1) is 0 Å². The molecule has 1 aromatic heterocycles. The van der Waals surface area contributed by atoms with Crippen molar-refractivity contribution >= 4 is 0 Å². The molecule has 1 aromatic rings. The van der Waals surface area contributed by atoms with Crippen molar-refractivity contribution < 1.29 is 31.1 Å². The molecule has 3 nitrogen and oxygen atoms in total. The largest absolute Gasteiger partial charge is 0.431 e. The second-order valence-corrected chi connectivity index (χ2v) is 3.00. The maximum Gasteiger partial charge on any atom is 0.431 e. The Balaban J connectivity index is 2.68. The van der Waals surface area contributed by atoms with Crippen LogP contribution >= 0.6 is 0 Å². The van der Waals surface area contributed by atoms with Crippen LogP contribution < -0.4 is 4.74 Å². The smallest absolute Gasteiger partial charge is 0.412 e. The second-order valence-electron chi connectivity index (χ2n) is 3.00. The lowest BCUT2D eigenvalue weighted by Gasteiger charge is -2.21. The van der Waals surface area contributed by atoms with Crippen LogP contribution in [-0.2, 0) is 0 Å². The monoisotopic (exact) mass is 260 g/mol. The Labute approximate surface area is 91.4 Å². The SMILES string of the molecule is FC(CC(F)(F)F)C(F)(F)Oc1ccncn1. The Bertz CT molecular complexity index is 355. The third kappa shape index (κ3) is 4.45. The summed E-state index contributed by atoms with van der Waals surface area (Å²) in [6.45, 7) is 0. The van der Waals surface area contributed by atoms with Gasteiger partial charge in [-0.3, -0.25) is 0 Å². The lowest BCUT2D eigenvalue weighted by atomic mass is 10.2. The molecular formula is C8H6F6N2O. The van der Waals surface area contributed by atoms with Crippen LogP contribution in [-0.4, -0.2) is 28.4 Å². The molecule has 1 unspecified atom stereocenters. The fourth-order valence-electron chi connectivity index (χ4n) is 0.864. The average molecular weight is 260 g/mol. The zero-order chi connectivity index (χ0) is 13.1. The van der Waals surface area contributed by atoms with E-state index < -0.39 is 30.8 Å². The summed E-state index contributed by atoms with van der Waals surface area (Å²) in [5.74, 6) is -0.713. The molecule has 0 fully saturated rings. The van der Waals surface area contributed by atoms with Crippen molar-refractivity contribution in [1.29, 1.82) is 0 Å². The first kappa shape index (κ1) is 13.5. The standard InChI is InChI=1S/C8H6F6N2O/c9-5(3-7(10,11)12)8(13,14)17-6-1-2-15-4-16-6/h1-2,4-5H,3H2. The molecule has 1 rings (SSSR count). The molecule has 96 valence electrons. The summed E-state index contributed by atoms with van der Waals surface area (Å²) in [5.41, 5.74) is 0. The van der Waals surface area contributed by atoms with E-state index >= 15 is 0 Å². The van der Waals surface area contributed by atoms with Gasteiger partial charge in [0, 0.05) is 12.3 Å². The molecule has 9 heteroatoms. The van der Waals surface area contributed by atoms with Gasteiger partial charge in [-0.05, 0) is 0 Å². The average Bonchev–Trinajstić information content (AvgIpc) is 2.15. The van der Waals surface area contributed by atoms with Crippen LogP contribution in [0.5, 0.6) is 5.88 Å². The number of nitrogens with zero attached hydrogens (tertiary/aromatic N) is 2. The molecule has 0 saturated carbocycles. The lowest BCUT2D eigenvalue weighted by Crippen LogP contribution is -2.39. The maximum absolute atomic E-state index is 12.9. The highest BCUT2D eigenvalue weighted by molar-refractivity contribution is 5.05. The predicted octanol–water partition coefficient (Wildman–Crippen LogP) is 2.74. The van der Waals surface area contributed by atoms with Crippen LogP contribution in [0.4, 0.5) is 26.3 Å². The van der Waals surface area contributed by atoms with Crippen LogP contribution in [0.1, 0.15) is 6.42 Å². The summed E-state index contributed by atoms with van der Waals surface area (Å²) >= 11 is 0. The first-order chi connectivity index (χ1) is 7.71. The summed E-state index contributed by atoms with van der Waals surface area (Å²) in [7, 11) is 0. The predicted molar refractivity (Wildman–Crippen MR) is 43.2 cm³/mol. The molecule has 1 heterocycles. The summed E-state index contributed by atoms with van der Waals surface area (Å²) in [4.78, 5) is 6.55. The van der Waals surface area contributed by atoms with Crippen LogP contribution in [0.3, 0.4) is 0 Å². The number of rotatable bonds is 4. The van der Waals surface area contributed by atoms with Gasteiger partial charge in [-0.2, -0.15) is 22.0 Å². The molecule has 0 radical (unpaired) electrons. The minimum Gasteiger partial charge on any atom is -0.412 e. The molecule has 0 amide bonds. The van der Waals surface area contributed by atoms with Crippen molar-refractivity contribution in [3.8, 4) is 5.88 Å². The van der Waals surface area contributed by atoms with Gasteiger partial charge < -0.3 is 4.74 Å². The number of aromatic nitrogens is 2. The van der Waals surface area contributed by atoms with E-state index in [9.17, 15) is 26.3 Å². The van der Waals surface area contributed by atoms with E-state index in [1.165, 1.54) is 0 Å². The van der Waals surface area contributed by atoms with E-state index in [1.807, 2.05) is 0 Å². The van der Waals surface area contributed by atoms with Crippen molar-refractivity contribution in [2.75, 3.05) is 0 Å². The van der Waals surface area contributed by atoms with Crippen molar-refractivity contribution in [1.82, 2.24) is 9.97 Å². The van der Waals surface area contributed by atoms with Gasteiger partial charge in [-0.25, -0.2) is 14.4 Å². The molecule has 0 aliphatic rings. The molecule has 0 aliphatic carbocycles. The molecule has 0 spiro atoms. The number of halogens is 6. The van der Waals surface area contributed by atoms with E-state index in [4.69, 9.17) is 0 Å². The van der Waals surface area contributed by atoms with Gasteiger partial charge in [0.1, 0.15) is 6.33 Å². The summed E-state index contributed by atoms with van der Waals surface area (Å²) in [6, 6.07) is 0.869. The highest BCUT2D eigenvalue weighted by Crippen LogP contribution is 2.33. The van der Waals surface area contributed by atoms with Gasteiger partial charge >= 0.3 is 12.3 Å². The summed E-state index contributed by atoms with van der Waals surface area (Å²) < 4.78 is 77.4. The van der Waals surface area contributed by atoms with Crippen LogP contribution in [0.25, 0.3) is 0 Å². The van der Waals surface area contributed by atoms with Gasteiger partial charge in [0.05, 0.1) is 6.42 Å². The number of ether oxygens (including phenoxy) is 1. The molecular weight excluding hydrogens is 254 g/mol. The van der Waals surface area contributed by atoms with Crippen LogP contribution in [0.15, 0.2) is 18.6 Å².